The van der Waals surface area contributed by atoms with Crippen molar-refractivity contribution < 1.29 is 14.6 Å². The van der Waals surface area contributed by atoms with E-state index in [2.05, 4.69) is 34.2 Å². The maximum atomic E-state index is 12.9. The quantitative estimate of drug-likeness (QED) is 0.738. The smallest absolute Gasteiger partial charge is 0.222 e. The Hall–Kier alpha value is -2.36. The number of aliphatic hydroxyl groups is 1. The van der Waals surface area contributed by atoms with Gasteiger partial charge >= 0.3 is 0 Å². The number of rotatable bonds is 6. The Morgan fingerprint density at radius 2 is 2.13 bits per heavy atom. The highest BCUT2D eigenvalue weighted by atomic mass is 16.5. The van der Waals surface area contributed by atoms with Gasteiger partial charge in [0, 0.05) is 50.9 Å². The molecule has 3 atom stereocenters. The van der Waals surface area contributed by atoms with E-state index in [4.69, 9.17) is 4.74 Å². The Bertz CT molecular complexity index is 815. The number of carbonyl (C=O) groups excluding carboxylic acids is 1. The van der Waals surface area contributed by atoms with Crippen LogP contribution in [0.3, 0.4) is 0 Å². The Morgan fingerprint density at radius 3 is 2.87 bits per heavy atom. The molecular formula is C22H34N6O3. The topological polar surface area (TPSA) is 96.6 Å². The first-order valence-electron chi connectivity index (χ1n) is 10.9. The zero-order chi connectivity index (χ0) is 22.2. The Labute approximate surface area is 184 Å². The molecule has 2 aromatic rings. The second kappa shape index (κ2) is 11.3. The summed E-state index contributed by atoms with van der Waals surface area (Å²) < 4.78 is 8.06. The number of hydrogen-bond acceptors (Lipinski definition) is 7. The molecule has 0 unspecified atom stereocenters. The number of pyridine rings is 1. The summed E-state index contributed by atoms with van der Waals surface area (Å²) in [4.78, 5) is 21.0. The molecule has 2 bridgehead atoms. The van der Waals surface area contributed by atoms with Crippen molar-refractivity contribution in [3.63, 3.8) is 0 Å². The molecule has 2 aromatic heterocycles. The van der Waals surface area contributed by atoms with Crippen LogP contribution < -0.4 is 0 Å². The molecule has 3 rings (SSSR count). The van der Waals surface area contributed by atoms with Crippen molar-refractivity contribution in [2.45, 2.75) is 58.5 Å². The molecule has 1 aliphatic rings. The molecule has 31 heavy (non-hydrogen) atoms. The molecule has 1 N–H and O–H groups in total. The van der Waals surface area contributed by atoms with Gasteiger partial charge in [-0.3, -0.25) is 19.4 Å². The molecule has 0 saturated heterocycles. The van der Waals surface area contributed by atoms with Gasteiger partial charge in [0.2, 0.25) is 5.91 Å². The van der Waals surface area contributed by atoms with E-state index in [0.717, 1.165) is 12.2 Å². The van der Waals surface area contributed by atoms with Gasteiger partial charge in [-0.2, -0.15) is 0 Å². The summed E-state index contributed by atoms with van der Waals surface area (Å²) in [5.41, 5.74) is 1.98. The minimum absolute atomic E-state index is 0.0527. The fourth-order valence-corrected chi connectivity index (χ4v) is 3.86. The molecule has 0 saturated carbocycles. The SMILES string of the molecule is C[C@@H]1CN([C@H](C)CO)C(=O)CCCn2cc(nn2)CO[C@H]1CN(C)Cc1ccncc1. The van der Waals surface area contributed by atoms with Gasteiger partial charge in [0.1, 0.15) is 5.69 Å². The zero-order valence-electron chi connectivity index (χ0n) is 18.7. The van der Waals surface area contributed by atoms with Crippen LogP contribution in [0.15, 0.2) is 30.7 Å². The van der Waals surface area contributed by atoms with Crippen molar-refractivity contribution in [1.29, 1.82) is 0 Å². The van der Waals surface area contributed by atoms with Crippen LogP contribution in [0, 0.1) is 5.92 Å². The van der Waals surface area contributed by atoms with Crippen molar-refractivity contribution in [2.75, 3.05) is 26.7 Å². The molecule has 1 aliphatic heterocycles. The number of hydrogen-bond donors (Lipinski definition) is 1. The van der Waals surface area contributed by atoms with Crippen molar-refractivity contribution in [1.82, 2.24) is 29.8 Å². The number of fused-ring (bicyclic) bond motifs is 2. The summed E-state index contributed by atoms with van der Waals surface area (Å²) in [6.45, 7) is 6.96. The molecule has 0 spiro atoms. The standard InChI is InChI=1S/C22H34N6O3/c1-17-11-28(18(2)15-29)22(30)5-4-10-27-13-20(24-25-27)16-31-21(17)14-26(3)12-19-6-8-23-9-7-19/h6-9,13,17-18,21,29H,4-5,10-12,14-16H2,1-3H3/t17-,18-,21+/m1/s1. The van der Waals surface area contributed by atoms with E-state index in [-0.39, 0.29) is 30.6 Å². The van der Waals surface area contributed by atoms with Gasteiger partial charge in [-0.05, 0) is 38.1 Å². The van der Waals surface area contributed by atoms with Crippen LogP contribution in [0.4, 0.5) is 0 Å². The Morgan fingerprint density at radius 1 is 1.35 bits per heavy atom. The lowest BCUT2D eigenvalue weighted by Crippen LogP contribution is -2.47. The van der Waals surface area contributed by atoms with Gasteiger partial charge < -0.3 is 14.7 Å². The predicted molar refractivity (Wildman–Crippen MR) is 116 cm³/mol. The van der Waals surface area contributed by atoms with E-state index in [1.165, 1.54) is 5.56 Å². The Kier molecular flexibility index (Phi) is 8.51. The average molecular weight is 431 g/mol. The van der Waals surface area contributed by atoms with Crippen LogP contribution in [0.2, 0.25) is 0 Å². The van der Waals surface area contributed by atoms with Crippen LogP contribution in [0.1, 0.15) is 37.9 Å². The van der Waals surface area contributed by atoms with Crippen molar-refractivity contribution in [3.8, 4) is 0 Å². The van der Waals surface area contributed by atoms with E-state index in [1.807, 2.05) is 25.3 Å². The third-order valence-electron chi connectivity index (χ3n) is 5.74. The van der Waals surface area contributed by atoms with Crippen LogP contribution in [-0.2, 0) is 29.2 Å². The molecule has 0 aliphatic carbocycles. The molecule has 170 valence electrons. The van der Waals surface area contributed by atoms with E-state index in [9.17, 15) is 9.90 Å². The summed E-state index contributed by atoms with van der Waals surface area (Å²) in [5, 5.41) is 18.1. The number of amides is 1. The van der Waals surface area contributed by atoms with Crippen LogP contribution in [-0.4, -0.2) is 79.7 Å². The highest BCUT2D eigenvalue weighted by Gasteiger charge is 2.28. The number of ether oxygens (including phenoxy) is 1. The highest BCUT2D eigenvalue weighted by Crippen LogP contribution is 2.18. The number of aromatic nitrogens is 4. The minimum atomic E-state index is -0.229. The van der Waals surface area contributed by atoms with Gasteiger partial charge in [0.25, 0.3) is 0 Å². The molecule has 9 heteroatoms. The number of aryl methyl sites for hydroxylation is 1. The van der Waals surface area contributed by atoms with Gasteiger partial charge in [0.15, 0.2) is 0 Å². The summed E-state index contributed by atoms with van der Waals surface area (Å²) in [7, 11) is 2.06. The lowest BCUT2D eigenvalue weighted by molar-refractivity contribution is -0.136. The minimum Gasteiger partial charge on any atom is -0.394 e. The van der Waals surface area contributed by atoms with Crippen LogP contribution in [0.5, 0.6) is 0 Å². The van der Waals surface area contributed by atoms with E-state index < -0.39 is 0 Å². The summed E-state index contributed by atoms with van der Waals surface area (Å²) in [6, 6.07) is 3.78. The maximum absolute atomic E-state index is 12.9. The molecule has 0 aromatic carbocycles. The monoisotopic (exact) mass is 430 g/mol. The third-order valence-corrected chi connectivity index (χ3v) is 5.74. The fraction of sp³-hybridized carbons (Fsp3) is 0.636. The Balaban J connectivity index is 1.76. The van der Waals surface area contributed by atoms with Crippen molar-refractivity contribution >= 4 is 5.91 Å². The normalized spacial score (nSPS) is 22.0. The molecule has 3 heterocycles. The van der Waals surface area contributed by atoms with Crippen molar-refractivity contribution in [2.24, 2.45) is 5.92 Å². The summed E-state index contributed by atoms with van der Waals surface area (Å²) in [6.07, 6.45) is 6.47. The number of aliphatic hydroxyl groups excluding tert-OH is 1. The first kappa shape index (κ1) is 23.3. The maximum Gasteiger partial charge on any atom is 0.222 e. The number of carbonyl (C=O) groups is 1. The first-order valence-corrected chi connectivity index (χ1v) is 10.9. The van der Waals surface area contributed by atoms with E-state index in [0.29, 0.717) is 39.1 Å². The largest absolute Gasteiger partial charge is 0.394 e. The van der Waals surface area contributed by atoms with E-state index in [1.54, 1.807) is 22.0 Å². The number of likely N-dealkylation sites (N-methyl/N-ethyl adjacent to an activating group) is 1. The van der Waals surface area contributed by atoms with Crippen LogP contribution >= 0.6 is 0 Å². The molecule has 0 fully saturated rings. The van der Waals surface area contributed by atoms with Gasteiger partial charge in [0.05, 0.1) is 31.6 Å². The predicted octanol–water partition coefficient (Wildman–Crippen LogP) is 1.33. The molecule has 1 amide bonds. The second-order valence-electron chi connectivity index (χ2n) is 8.53. The zero-order valence-corrected chi connectivity index (χ0v) is 18.7. The molecule has 9 nitrogen and oxygen atoms in total. The highest BCUT2D eigenvalue weighted by molar-refractivity contribution is 5.76. The summed E-state index contributed by atoms with van der Waals surface area (Å²) >= 11 is 0. The first-order chi connectivity index (χ1) is 15.0. The lowest BCUT2D eigenvalue weighted by atomic mass is 10.0. The van der Waals surface area contributed by atoms with Crippen molar-refractivity contribution in [3.05, 3.63) is 42.0 Å². The average Bonchev–Trinajstić information content (AvgIpc) is 3.22. The lowest BCUT2D eigenvalue weighted by Gasteiger charge is -2.35. The third kappa shape index (κ3) is 6.81. The second-order valence-corrected chi connectivity index (χ2v) is 8.53. The van der Waals surface area contributed by atoms with E-state index >= 15 is 0 Å². The molecule has 0 radical (unpaired) electrons. The van der Waals surface area contributed by atoms with Gasteiger partial charge in [-0.25, -0.2) is 0 Å². The van der Waals surface area contributed by atoms with Crippen LogP contribution in [0.25, 0.3) is 0 Å². The number of nitrogens with zero attached hydrogens (tertiary/aromatic N) is 6. The van der Waals surface area contributed by atoms with Gasteiger partial charge in [-0.15, -0.1) is 5.10 Å². The summed E-state index contributed by atoms with van der Waals surface area (Å²) in [5.74, 6) is 0.130. The van der Waals surface area contributed by atoms with Gasteiger partial charge in [-0.1, -0.05) is 12.1 Å². The molecular weight excluding hydrogens is 396 g/mol. The fourth-order valence-electron chi connectivity index (χ4n) is 3.86.